The van der Waals surface area contributed by atoms with Crippen LogP contribution >= 0.6 is 22.9 Å². The van der Waals surface area contributed by atoms with Crippen LogP contribution in [0.2, 0.25) is 5.02 Å². The summed E-state index contributed by atoms with van der Waals surface area (Å²) in [6, 6.07) is 4.33. The van der Waals surface area contributed by atoms with Gasteiger partial charge in [0.25, 0.3) is 0 Å². The van der Waals surface area contributed by atoms with E-state index in [1.54, 1.807) is 22.9 Å². The Morgan fingerprint density at radius 2 is 2.28 bits per heavy atom. The molecule has 0 aliphatic heterocycles. The van der Waals surface area contributed by atoms with E-state index < -0.39 is 0 Å². The SMILES string of the molecule is CCNC(c1cc(F)ccc1Cl)c1scnc1C. The normalized spacial score (nSPS) is 12.7. The van der Waals surface area contributed by atoms with Gasteiger partial charge in [0.1, 0.15) is 5.82 Å². The third-order valence-electron chi connectivity index (χ3n) is 2.72. The molecule has 1 N–H and O–H groups in total. The highest BCUT2D eigenvalue weighted by Gasteiger charge is 2.20. The monoisotopic (exact) mass is 284 g/mol. The number of hydrogen-bond acceptors (Lipinski definition) is 3. The molecule has 1 atom stereocenters. The van der Waals surface area contributed by atoms with Crippen molar-refractivity contribution in [3.63, 3.8) is 0 Å². The summed E-state index contributed by atoms with van der Waals surface area (Å²) in [5.74, 6) is -0.278. The Labute approximate surface area is 115 Å². The molecule has 0 radical (unpaired) electrons. The molecule has 0 amide bonds. The van der Waals surface area contributed by atoms with Gasteiger partial charge in [-0.3, -0.25) is 0 Å². The predicted octanol–water partition coefficient (Wildman–Crippen LogP) is 3.94. The molecule has 96 valence electrons. The standard InChI is InChI=1S/C13H14ClFN2S/c1-3-16-12(13-8(2)17-7-18-13)10-6-9(15)4-5-11(10)14/h4-7,12,16H,3H2,1-2H3. The number of nitrogens with one attached hydrogen (secondary N) is 1. The van der Waals surface area contributed by atoms with Gasteiger partial charge in [0.15, 0.2) is 0 Å². The van der Waals surface area contributed by atoms with E-state index in [2.05, 4.69) is 10.3 Å². The highest BCUT2D eigenvalue weighted by Crippen LogP contribution is 2.32. The molecule has 0 saturated carbocycles. The number of aromatic nitrogens is 1. The number of halogens is 2. The molecule has 2 rings (SSSR count). The Morgan fingerprint density at radius 3 is 2.89 bits per heavy atom. The van der Waals surface area contributed by atoms with Gasteiger partial charge in [-0.25, -0.2) is 9.37 Å². The summed E-state index contributed by atoms with van der Waals surface area (Å²) in [5, 5.41) is 3.89. The molecule has 0 aliphatic rings. The minimum atomic E-state index is -0.278. The van der Waals surface area contributed by atoms with Crippen molar-refractivity contribution in [3.05, 3.63) is 50.7 Å². The second-order valence-corrected chi connectivity index (χ2v) is 5.25. The van der Waals surface area contributed by atoms with E-state index >= 15 is 0 Å². The van der Waals surface area contributed by atoms with E-state index in [1.165, 1.54) is 12.1 Å². The summed E-state index contributed by atoms with van der Waals surface area (Å²) in [6.45, 7) is 4.73. The topological polar surface area (TPSA) is 24.9 Å². The van der Waals surface area contributed by atoms with Gasteiger partial charge in [-0.15, -0.1) is 11.3 Å². The minimum Gasteiger partial charge on any atom is -0.306 e. The lowest BCUT2D eigenvalue weighted by atomic mass is 10.0. The lowest BCUT2D eigenvalue weighted by Crippen LogP contribution is -2.22. The van der Waals surface area contributed by atoms with Crippen molar-refractivity contribution in [3.8, 4) is 0 Å². The van der Waals surface area contributed by atoms with E-state index in [-0.39, 0.29) is 11.9 Å². The van der Waals surface area contributed by atoms with Gasteiger partial charge in [0.05, 0.1) is 17.2 Å². The molecule has 5 heteroatoms. The van der Waals surface area contributed by atoms with Crippen molar-refractivity contribution in [1.29, 1.82) is 0 Å². The van der Waals surface area contributed by atoms with Crippen molar-refractivity contribution >= 4 is 22.9 Å². The molecular weight excluding hydrogens is 271 g/mol. The van der Waals surface area contributed by atoms with Crippen LogP contribution in [0.15, 0.2) is 23.7 Å². The Balaban J connectivity index is 2.48. The minimum absolute atomic E-state index is 0.106. The first-order valence-electron chi connectivity index (χ1n) is 5.71. The van der Waals surface area contributed by atoms with Crippen LogP contribution in [0.25, 0.3) is 0 Å². The van der Waals surface area contributed by atoms with Gasteiger partial charge in [0.2, 0.25) is 0 Å². The number of aryl methyl sites for hydroxylation is 1. The zero-order chi connectivity index (χ0) is 13.1. The first-order valence-corrected chi connectivity index (χ1v) is 6.97. The van der Waals surface area contributed by atoms with E-state index in [0.717, 1.165) is 22.7 Å². The van der Waals surface area contributed by atoms with Crippen molar-refractivity contribution in [2.45, 2.75) is 19.9 Å². The average Bonchev–Trinajstić information content (AvgIpc) is 2.76. The maximum Gasteiger partial charge on any atom is 0.123 e. The Morgan fingerprint density at radius 1 is 1.50 bits per heavy atom. The van der Waals surface area contributed by atoms with Crippen molar-refractivity contribution in [2.24, 2.45) is 0 Å². The van der Waals surface area contributed by atoms with Gasteiger partial charge in [-0.1, -0.05) is 18.5 Å². The molecule has 1 heterocycles. The number of nitrogens with zero attached hydrogens (tertiary/aromatic N) is 1. The van der Waals surface area contributed by atoms with Crippen LogP contribution in [0.3, 0.4) is 0 Å². The van der Waals surface area contributed by atoms with Crippen LogP contribution in [0.4, 0.5) is 4.39 Å². The van der Waals surface area contributed by atoms with Crippen LogP contribution < -0.4 is 5.32 Å². The van der Waals surface area contributed by atoms with Crippen LogP contribution in [-0.4, -0.2) is 11.5 Å². The van der Waals surface area contributed by atoms with E-state index in [1.807, 2.05) is 13.8 Å². The molecule has 0 spiro atoms. The molecule has 2 aromatic rings. The van der Waals surface area contributed by atoms with Crippen molar-refractivity contribution in [1.82, 2.24) is 10.3 Å². The lowest BCUT2D eigenvalue weighted by molar-refractivity contribution is 0.605. The Bertz CT molecular complexity index is 542. The summed E-state index contributed by atoms with van der Waals surface area (Å²) in [6.07, 6.45) is 0. The largest absolute Gasteiger partial charge is 0.306 e. The highest BCUT2D eigenvalue weighted by atomic mass is 35.5. The summed E-state index contributed by atoms with van der Waals surface area (Å²) in [7, 11) is 0. The van der Waals surface area contributed by atoms with Crippen molar-refractivity contribution < 1.29 is 4.39 Å². The number of rotatable bonds is 4. The maximum atomic E-state index is 13.4. The molecular formula is C13H14ClFN2S. The Hall–Kier alpha value is -0.970. The molecule has 0 bridgehead atoms. The van der Waals surface area contributed by atoms with Crippen LogP contribution in [0, 0.1) is 12.7 Å². The predicted molar refractivity (Wildman–Crippen MR) is 73.8 cm³/mol. The third kappa shape index (κ3) is 2.71. The summed E-state index contributed by atoms with van der Waals surface area (Å²) in [4.78, 5) is 5.31. The first-order chi connectivity index (χ1) is 8.63. The number of hydrogen-bond donors (Lipinski definition) is 1. The quantitative estimate of drug-likeness (QED) is 0.920. The van der Waals surface area contributed by atoms with E-state index in [9.17, 15) is 4.39 Å². The molecule has 18 heavy (non-hydrogen) atoms. The molecule has 0 aliphatic carbocycles. The molecule has 1 aromatic heterocycles. The van der Waals surface area contributed by atoms with E-state index in [0.29, 0.717) is 5.02 Å². The number of thiazole rings is 1. The first kappa shape index (κ1) is 13.5. The molecule has 0 saturated heterocycles. The number of benzene rings is 1. The van der Waals surface area contributed by atoms with Gasteiger partial charge in [-0.05, 0) is 37.2 Å². The summed E-state index contributed by atoms with van der Waals surface area (Å²) < 4.78 is 13.4. The van der Waals surface area contributed by atoms with Gasteiger partial charge in [-0.2, -0.15) is 0 Å². The molecule has 1 unspecified atom stereocenters. The fourth-order valence-electron chi connectivity index (χ4n) is 1.87. The van der Waals surface area contributed by atoms with Gasteiger partial charge >= 0.3 is 0 Å². The fraction of sp³-hybridized carbons (Fsp3) is 0.308. The third-order valence-corrected chi connectivity index (χ3v) is 4.06. The average molecular weight is 285 g/mol. The van der Waals surface area contributed by atoms with E-state index in [4.69, 9.17) is 11.6 Å². The summed E-state index contributed by atoms with van der Waals surface area (Å²) in [5.41, 5.74) is 3.50. The molecule has 1 aromatic carbocycles. The molecule has 0 fully saturated rings. The Kier molecular flexibility index (Phi) is 4.32. The second kappa shape index (κ2) is 5.78. The fourth-order valence-corrected chi connectivity index (χ4v) is 2.99. The smallest absolute Gasteiger partial charge is 0.123 e. The van der Waals surface area contributed by atoms with Gasteiger partial charge < -0.3 is 5.32 Å². The summed E-state index contributed by atoms with van der Waals surface area (Å²) >= 11 is 7.73. The zero-order valence-electron chi connectivity index (χ0n) is 10.2. The zero-order valence-corrected chi connectivity index (χ0v) is 11.8. The van der Waals surface area contributed by atoms with Crippen molar-refractivity contribution in [2.75, 3.05) is 6.54 Å². The molecule has 2 nitrogen and oxygen atoms in total. The highest BCUT2D eigenvalue weighted by molar-refractivity contribution is 7.09. The van der Waals surface area contributed by atoms with Gasteiger partial charge in [0, 0.05) is 9.90 Å². The van der Waals surface area contributed by atoms with Crippen LogP contribution in [0.1, 0.15) is 29.1 Å². The van der Waals surface area contributed by atoms with Crippen LogP contribution in [-0.2, 0) is 0 Å². The lowest BCUT2D eigenvalue weighted by Gasteiger charge is -2.19. The second-order valence-electron chi connectivity index (χ2n) is 3.96. The van der Waals surface area contributed by atoms with Crippen LogP contribution in [0.5, 0.6) is 0 Å². The maximum absolute atomic E-state index is 13.4.